The Morgan fingerprint density at radius 3 is 2.00 bits per heavy atom. The van der Waals surface area contributed by atoms with Crippen LogP contribution in [0, 0.1) is 0 Å². The Balaban J connectivity index is 1.37. The summed E-state index contributed by atoms with van der Waals surface area (Å²) in [5.74, 6) is -0.181. The molecule has 2 atom stereocenters. The summed E-state index contributed by atoms with van der Waals surface area (Å²) in [5.41, 5.74) is 4.42. The van der Waals surface area contributed by atoms with Crippen molar-refractivity contribution < 1.29 is 23.7 Å². The summed E-state index contributed by atoms with van der Waals surface area (Å²) in [6.45, 7) is 5.83. The minimum atomic E-state index is -0.903. The summed E-state index contributed by atoms with van der Waals surface area (Å²) in [4.78, 5) is 13.1. The van der Waals surface area contributed by atoms with Crippen molar-refractivity contribution in [2.75, 3.05) is 7.11 Å². The molecule has 0 bridgehead atoms. The number of carbonyl (C=O) groups excluding carboxylic acids is 1. The Morgan fingerprint density at radius 1 is 0.784 bits per heavy atom. The van der Waals surface area contributed by atoms with E-state index in [0.717, 1.165) is 28.9 Å². The summed E-state index contributed by atoms with van der Waals surface area (Å²) in [7, 11) is 1.62. The first kappa shape index (κ1) is 26.9. The second-order valence-electron chi connectivity index (χ2n) is 10.1. The summed E-state index contributed by atoms with van der Waals surface area (Å²) in [6, 6.07) is 23.7. The molecule has 0 aromatic heterocycles. The molecule has 1 aliphatic heterocycles. The lowest BCUT2D eigenvalue weighted by Gasteiger charge is -2.17. The largest absolute Gasteiger partial charge is 0.497 e. The molecule has 1 unspecified atom stereocenters. The zero-order chi connectivity index (χ0) is 26.3. The molecule has 4 rings (SSSR count). The van der Waals surface area contributed by atoms with E-state index in [9.17, 15) is 4.79 Å². The summed E-state index contributed by atoms with van der Waals surface area (Å²) < 4.78 is 22.9. The van der Waals surface area contributed by atoms with Gasteiger partial charge in [-0.1, -0.05) is 81.1 Å². The number of esters is 1. The van der Waals surface area contributed by atoms with Gasteiger partial charge in [-0.2, -0.15) is 0 Å². The topological polar surface area (TPSA) is 54.0 Å². The van der Waals surface area contributed by atoms with Crippen LogP contribution >= 0.6 is 0 Å². The van der Waals surface area contributed by atoms with Gasteiger partial charge in [-0.05, 0) is 73.2 Å². The third-order valence-corrected chi connectivity index (χ3v) is 6.70. The van der Waals surface area contributed by atoms with E-state index >= 15 is 0 Å². The number of carbonyl (C=O) groups is 1. The lowest BCUT2D eigenvalue weighted by atomic mass is 10.0. The predicted molar refractivity (Wildman–Crippen MR) is 146 cm³/mol. The Bertz CT molecular complexity index is 1130. The van der Waals surface area contributed by atoms with Crippen molar-refractivity contribution in [3.63, 3.8) is 0 Å². The van der Waals surface area contributed by atoms with E-state index in [-0.39, 0.29) is 0 Å². The molecule has 0 aliphatic carbocycles. The molecule has 0 N–H and O–H groups in total. The van der Waals surface area contributed by atoms with Gasteiger partial charge >= 0.3 is 5.97 Å². The van der Waals surface area contributed by atoms with Gasteiger partial charge in [-0.15, -0.1) is 0 Å². The molecule has 0 radical (unpaired) electrons. The number of aryl methyl sites for hydroxylation is 1. The van der Waals surface area contributed by atoms with Crippen LogP contribution in [-0.4, -0.2) is 25.0 Å². The van der Waals surface area contributed by atoms with E-state index in [2.05, 4.69) is 31.2 Å². The van der Waals surface area contributed by atoms with Crippen molar-refractivity contribution in [1.29, 1.82) is 0 Å². The van der Waals surface area contributed by atoms with Crippen LogP contribution in [0.5, 0.6) is 11.5 Å². The van der Waals surface area contributed by atoms with Gasteiger partial charge in [0.15, 0.2) is 11.9 Å². The maximum atomic E-state index is 13.1. The van der Waals surface area contributed by atoms with E-state index < -0.39 is 24.0 Å². The van der Waals surface area contributed by atoms with Gasteiger partial charge in [0.2, 0.25) is 0 Å². The molecule has 1 fully saturated rings. The third kappa shape index (κ3) is 7.21. The predicted octanol–water partition coefficient (Wildman–Crippen LogP) is 7.67. The molecule has 0 amide bonds. The van der Waals surface area contributed by atoms with Crippen LogP contribution in [0.1, 0.15) is 70.1 Å². The molecule has 0 spiro atoms. The first-order valence-electron chi connectivity index (χ1n) is 13.3. The molecule has 1 heterocycles. The molecule has 5 nitrogen and oxygen atoms in total. The lowest BCUT2D eigenvalue weighted by molar-refractivity contribution is -0.164. The van der Waals surface area contributed by atoms with Crippen molar-refractivity contribution in [3.05, 3.63) is 83.9 Å². The van der Waals surface area contributed by atoms with Gasteiger partial charge in [0.1, 0.15) is 17.6 Å². The van der Waals surface area contributed by atoms with Gasteiger partial charge in [-0.25, -0.2) is 4.79 Å². The van der Waals surface area contributed by atoms with Crippen molar-refractivity contribution >= 4 is 5.97 Å². The fourth-order valence-electron chi connectivity index (χ4n) is 4.66. The lowest BCUT2D eigenvalue weighted by Crippen LogP contribution is -2.31. The number of hydrogen-bond donors (Lipinski definition) is 0. The fourth-order valence-corrected chi connectivity index (χ4v) is 4.66. The molecule has 196 valence electrons. The van der Waals surface area contributed by atoms with Crippen molar-refractivity contribution in [2.45, 2.75) is 77.3 Å². The monoisotopic (exact) mass is 502 g/mol. The highest BCUT2D eigenvalue weighted by atomic mass is 16.8. The molecule has 1 saturated heterocycles. The van der Waals surface area contributed by atoms with Crippen LogP contribution < -0.4 is 9.47 Å². The van der Waals surface area contributed by atoms with Crippen LogP contribution in [0.3, 0.4) is 0 Å². The highest BCUT2D eigenvalue weighted by Gasteiger charge is 2.47. The molecule has 0 saturated carbocycles. The van der Waals surface area contributed by atoms with Crippen LogP contribution in [-0.2, 0) is 20.7 Å². The maximum Gasteiger partial charge on any atom is 0.343 e. The molecule has 5 heteroatoms. The Labute approximate surface area is 220 Å². The Kier molecular flexibility index (Phi) is 9.01. The second kappa shape index (κ2) is 12.4. The van der Waals surface area contributed by atoms with Crippen molar-refractivity contribution in [1.82, 2.24) is 0 Å². The standard InChI is InChI=1S/C32H38O5/c1-5-6-7-8-9-10-23-11-13-24(14-12-23)25-15-21-28(22-16-25)35-31(33)30-29(36-32(2,3)37-30)26-17-19-27(34-4)20-18-26/h11-22,29-30H,5-10H2,1-4H3/t29?,30-/m0/s1. The maximum absolute atomic E-state index is 13.1. The number of rotatable bonds is 11. The number of unbranched alkanes of at least 4 members (excludes halogenated alkanes) is 4. The summed E-state index contributed by atoms with van der Waals surface area (Å²) in [5, 5.41) is 0. The van der Waals surface area contributed by atoms with Crippen LogP contribution in [0.2, 0.25) is 0 Å². The fraction of sp³-hybridized carbons (Fsp3) is 0.406. The summed E-state index contributed by atoms with van der Waals surface area (Å²) >= 11 is 0. The summed E-state index contributed by atoms with van der Waals surface area (Å²) in [6.07, 6.45) is 6.14. The van der Waals surface area contributed by atoms with E-state index in [1.807, 2.05) is 48.5 Å². The van der Waals surface area contributed by atoms with E-state index in [0.29, 0.717) is 5.75 Å². The minimum Gasteiger partial charge on any atom is -0.497 e. The van der Waals surface area contributed by atoms with Gasteiger partial charge in [0.05, 0.1) is 7.11 Å². The van der Waals surface area contributed by atoms with Crippen molar-refractivity contribution in [3.8, 4) is 22.6 Å². The van der Waals surface area contributed by atoms with E-state index in [1.165, 1.54) is 37.7 Å². The molecule has 3 aromatic rings. The zero-order valence-electron chi connectivity index (χ0n) is 22.4. The van der Waals surface area contributed by atoms with Gasteiger partial charge < -0.3 is 18.9 Å². The highest BCUT2D eigenvalue weighted by Crippen LogP contribution is 2.39. The van der Waals surface area contributed by atoms with Crippen LogP contribution in [0.15, 0.2) is 72.8 Å². The second-order valence-corrected chi connectivity index (χ2v) is 10.1. The number of ether oxygens (including phenoxy) is 4. The number of benzene rings is 3. The average Bonchev–Trinajstić information content (AvgIpc) is 3.25. The van der Waals surface area contributed by atoms with Gasteiger partial charge in [0, 0.05) is 0 Å². The highest BCUT2D eigenvalue weighted by molar-refractivity contribution is 5.79. The minimum absolute atomic E-state index is 0.472. The third-order valence-electron chi connectivity index (χ3n) is 6.70. The Hall–Kier alpha value is -3.15. The number of hydrogen-bond acceptors (Lipinski definition) is 5. The average molecular weight is 503 g/mol. The first-order chi connectivity index (χ1) is 17.9. The quantitative estimate of drug-likeness (QED) is 0.153. The van der Waals surface area contributed by atoms with E-state index in [4.69, 9.17) is 18.9 Å². The normalized spacial score (nSPS) is 18.5. The van der Waals surface area contributed by atoms with Gasteiger partial charge in [0.25, 0.3) is 0 Å². The smallest absolute Gasteiger partial charge is 0.343 e. The Morgan fingerprint density at radius 2 is 1.38 bits per heavy atom. The molecule has 3 aromatic carbocycles. The first-order valence-corrected chi connectivity index (χ1v) is 13.3. The molecule has 37 heavy (non-hydrogen) atoms. The van der Waals surface area contributed by atoms with E-state index in [1.54, 1.807) is 21.0 Å². The molecule has 1 aliphatic rings. The van der Waals surface area contributed by atoms with Crippen LogP contribution in [0.25, 0.3) is 11.1 Å². The van der Waals surface area contributed by atoms with Crippen molar-refractivity contribution in [2.24, 2.45) is 0 Å². The zero-order valence-corrected chi connectivity index (χ0v) is 22.4. The SMILES string of the molecule is CCCCCCCc1ccc(-c2ccc(OC(=O)[C@H]3OC(C)(C)OC3c3ccc(OC)cc3)cc2)cc1. The van der Waals surface area contributed by atoms with Gasteiger partial charge in [-0.3, -0.25) is 0 Å². The molecular weight excluding hydrogens is 464 g/mol. The number of methoxy groups -OCH3 is 1. The molecular formula is C32H38O5. The van der Waals surface area contributed by atoms with Crippen LogP contribution in [0.4, 0.5) is 0 Å².